The number of amides is 1. The molecule has 0 unspecified atom stereocenters. The maximum Gasteiger partial charge on any atom is 0.410 e. The van der Waals surface area contributed by atoms with Crippen molar-refractivity contribution in [3.8, 4) is 5.75 Å². The molecule has 0 radical (unpaired) electrons. The highest BCUT2D eigenvalue weighted by Gasteiger charge is 2.29. The van der Waals surface area contributed by atoms with Crippen molar-refractivity contribution in [3.05, 3.63) is 45.9 Å². The summed E-state index contributed by atoms with van der Waals surface area (Å²) < 4.78 is 43.2. The Morgan fingerprint density at radius 3 is 2.43 bits per heavy atom. The molecule has 0 saturated carbocycles. The number of hydrogen-bond acceptors (Lipinski definition) is 9. The van der Waals surface area contributed by atoms with Crippen LogP contribution in [0.2, 0.25) is 0 Å². The highest BCUT2D eigenvalue weighted by atomic mass is 32.3. The lowest BCUT2D eigenvalue weighted by Crippen LogP contribution is -2.41. The molecule has 0 bridgehead atoms. The van der Waals surface area contributed by atoms with Gasteiger partial charge in [-0.25, -0.2) is 18.1 Å². The van der Waals surface area contributed by atoms with Crippen LogP contribution < -0.4 is 4.74 Å². The lowest BCUT2D eigenvalue weighted by atomic mass is 9.98. The number of carbonyl (C=O) groups excluding carboxylic acids is 1. The van der Waals surface area contributed by atoms with Crippen LogP contribution in [0.3, 0.4) is 0 Å². The molecule has 1 amide bonds. The number of piperidine rings is 1. The Bertz CT molecular complexity index is 1090. The van der Waals surface area contributed by atoms with Gasteiger partial charge < -0.3 is 14.4 Å². The molecule has 4 rings (SSSR count). The SMILES string of the molecule is CC(C)(C)OC(=O)N1CCC(c2nc(COc3ccc(CC4COS(=O)(=O)OC4)cc3)cs2)CC1. The second kappa shape index (κ2) is 10.8. The van der Waals surface area contributed by atoms with E-state index in [4.69, 9.17) is 22.8 Å². The molecule has 1 aromatic carbocycles. The predicted octanol–water partition coefficient (Wildman–Crippen LogP) is 4.29. The third-order valence-electron chi connectivity index (χ3n) is 5.80. The van der Waals surface area contributed by atoms with Gasteiger partial charge in [0.1, 0.15) is 18.0 Å². The van der Waals surface area contributed by atoms with Crippen molar-refractivity contribution in [2.75, 3.05) is 26.3 Å². The third kappa shape index (κ3) is 7.63. The summed E-state index contributed by atoms with van der Waals surface area (Å²) in [7, 11) is -3.81. The van der Waals surface area contributed by atoms with Crippen LogP contribution in [0.4, 0.5) is 4.79 Å². The standard InChI is InChI=1S/C24H32N2O7S2/c1-24(2,3)33-23(27)26-10-8-19(9-11-26)22-25-20(16-34-22)15-30-21-6-4-17(5-7-21)12-18-13-31-35(28,29)32-14-18/h4-7,16,18-19H,8-15H2,1-3H3. The Labute approximate surface area is 210 Å². The van der Waals surface area contributed by atoms with Gasteiger partial charge in [0.25, 0.3) is 0 Å². The molecule has 0 N–H and O–H groups in total. The van der Waals surface area contributed by atoms with Gasteiger partial charge in [0.05, 0.1) is 23.9 Å². The van der Waals surface area contributed by atoms with Crippen molar-refractivity contribution < 1.29 is 31.1 Å². The van der Waals surface area contributed by atoms with Gasteiger partial charge in [-0.3, -0.25) is 0 Å². The Kier molecular flexibility index (Phi) is 7.99. The quantitative estimate of drug-likeness (QED) is 0.551. The number of carbonyl (C=O) groups is 1. The minimum Gasteiger partial charge on any atom is -0.487 e. The van der Waals surface area contributed by atoms with Crippen LogP contribution in [0, 0.1) is 5.92 Å². The summed E-state index contributed by atoms with van der Waals surface area (Å²) >= 11 is 1.64. The van der Waals surface area contributed by atoms with E-state index in [-0.39, 0.29) is 25.2 Å². The average molecular weight is 525 g/mol. The Morgan fingerprint density at radius 1 is 1.14 bits per heavy atom. The molecular weight excluding hydrogens is 492 g/mol. The van der Waals surface area contributed by atoms with Crippen molar-refractivity contribution in [3.63, 3.8) is 0 Å². The van der Waals surface area contributed by atoms with Gasteiger partial charge in [-0.15, -0.1) is 11.3 Å². The van der Waals surface area contributed by atoms with E-state index in [9.17, 15) is 13.2 Å². The maximum atomic E-state index is 12.3. The first-order valence-electron chi connectivity index (χ1n) is 11.7. The molecule has 2 aliphatic rings. The van der Waals surface area contributed by atoms with Crippen molar-refractivity contribution >= 4 is 27.8 Å². The van der Waals surface area contributed by atoms with E-state index in [1.165, 1.54) is 0 Å². The maximum absolute atomic E-state index is 12.3. The fourth-order valence-electron chi connectivity index (χ4n) is 3.98. The van der Waals surface area contributed by atoms with Gasteiger partial charge in [-0.05, 0) is 57.7 Å². The number of rotatable bonds is 6. The summed E-state index contributed by atoms with van der Waals surface area (Å²) in [6.07, 6.45) is 2.16. The summed E-state index contributed by atoms with van der Waals surface area (Å²) in [5.41, 5.74) is 1.47. The van der Waals surface area contributed by atoms with Crippen LogP contribution in [0.5, 0.6) is 5.75 Å². The Balaban J connectivity index is 1.21. The molecule has 2 saturated heterocycles. The Hall–Kier alpha value is -2.21. The Morgan fingerprint density at radius 2 is 1.80 bits per heavy atom. The molecule has 35 heavy (non-hydrogen) atoms. The van der Waals surface area contributed by atoms with Gasteiger partial charge >= 0.3 is 16.5 Å². The first-order chi connectivity index (χ1) is 16.6. The van der Waals surface area contributed by atoms with Crippen LogP contribution in [0.15, 0.2) is 29.6 Å². The highest BCUT2D eigenvalue weighted by molar-refractivity contribution is 7.81. The molecule has 11 heteroatoms. The number of aromatic nitrogens is 1. The molecular formula is C24H32N2O7S2. The van der Waals surface area contributed by atoms with E-state index in [0.29, 0.717) is 32.0 Å². The third-order valence-corrected chi connectivity index (χ3v) is 7.70. The predicted molar refractivity (Wildman–Crippen MR) is 131 cm³/mol. The number of benzene rings is 1. The number of ether oxygens (including phenoxy) is 2. The lowest BCUT2D eigenvalue weighted by molar-refractivity contribution is 0.0204. The monoisotopic (exact) mass is 524 g/mol. The van der Waals surface area contributed by atoms with Crippen molar-refractivity contribution in [1.82, 2.24) is 9.88 Å². The van der Waals surface area contributed by atoms with Gasteiger partial charge in [0, 0.05) is 30.3 Å². The summed E-state index contributed by atoms with van der Waals surface area (Å²) in [6, 6.07) is 7.72. The molecule has 1 aromatic heterocycles. The molecule has 2 aliphatic heterocycles. The fourth-order valence-corrected chi connectivity index (χ4v) is 5.75. The van der Waals surface area contributed by atoms with Gasteiger partial charge in [-0.2, -0.15) is 8.42 Å². The molecule has 9 nitrogen and oxygen atoms in total. The molecule has 0 atom stereocenters. The van der Waals surface area contributed by atoms with Crippen LogP contribution in [0.1, 0.15) is 55.8 Å². The first kappa shape index (κ1) is 25.9. The second-order valence-corrected chi connectivity index (χ2v) is 12.1. The first-order valence-corrected chi connectivity index (χ1v) is 14.0. The van der Waals surface area contributed by atoms with Gasteiger partial charge in [0.15, 0.2) is 0 Å². The van der Waals surface area contributed by atoms with Gasteiger partial charge in [-0.1, -0.05) is 12.1 Å². The van der Waals surface area contributed by atoms with Crippen molar-refractivity contribution in [2.45, 2.75) is 58.2 Å². The summed E-state index contributed by atoms with van der Waals surface area (Å²) in [4.78, 5) is 18.8. The molecule has 2 aromatic rings. The van der Waals surface area contributed by atoms with E-state index in [0.717, 1.165) is 34.9 Å². The lowest BCUT2D eigenvalue weighted by Gasteiger charge is -2.32. The normalized spacial score (nSPS) is 19.5. The minimum absolute atomic E-state index is 0.00489. The van der Waals surface area contributed by atoms with E-state index in [1.54, 1.807) is 16.2 Å². The highest BCUT2D eigenvalue weighted by Crippen LogP contribution is 2.31. The number of likely N-dealkylation sites (tertiary alicyclic amines) is 1. The summed E-state index contributed by atoms with van der Waals surface area (Å²) in [6.45, 7) is 7.63. The molecule has 192 valence electrons. The zero-order valence-electron chi connectivity index (χ0n) is 20.3. The smallest absolute Gasteiger partial charge is 0.410 e. The fraction of sp³-hybridized carbons (Fsp3) is 0.583. The number of hydrogen-bond donors (Lipinski definition) is 0. The number of thiazole rings is 1. The zero-order valence-corrected chi connectivity index (χ0v) is 21.9. The average Bonchev–Trinajstić information content (AvgIpc) is 3.28. The van der Waals surface area contributed by atoms with Gasteiger partial charge in [0.2, 0.25) is 0 Å². The summed E-state index contributed by atoms with van der Waals surface area (Å²) in [5, 5.41) is 3.11. The van der Waals surface area contributed by atoms with Crippen LogP contribution in [-0.4, -0.2) is 56.3 Å². The van der Waals surface area contributed by atoms with Crippen molar-refractivity contribution in [1.29, 1.82) is 0 Å². The summed E-state index contributed by atoms with van der Waals surface area (Å²) in [5.74, 6) is 1.08. The molecule has 0 aliphatic carbocycles. The molecule has 2 fully saturated rings. The molecule has 0 spiro atoms. The van der Waals surface area contributed by atoms with Crippen LogP contribution in [0.25, 0.3) is 0 Å². The van der Waals surface area contributed by atoms with E-state index in [1.807, 2.05) is 50.4 Å². The topological polar surface area (TPSA) is 104 Å². The van der Waals surface area contributed by atoms with E-state index in [2.05, 4.69) is 0 Å². The largest absolute Gasteiger partial charge is 0.487 e. The van der Waals surface area contributed by atoms with E-state index >= 15 is 0 Å². The molecule has 3 heterocycles. The van der Waals surface area contributed by atoms with Crippen LogP contribution in [-0.2, 0) is 36.5 Å². The zero-order chi connectivity index (χ0) is 25.1. The number of nitrogens with zero attached hydrogens (tertiary/aromatic N) is 2. The van der Waals surface area contributed by atoms with Crippen molar-refractivity contribution in [2.24, 2.45) is 5.92 Å². The van der Waals surface area contributed by atoms with Crippen LogP contribution >= 0.6 is 11.3 Å². The minimum atomic E-state index is -3.81. The van der Waals surface area contributed by atoms with E-state index < -0.39 is 16.0 Å². The second-order valence-electron chi connectivity index (χ2n) is 9.90.